The van der Waals surface area contributed by atoms with E-state index in [1.54, 1.807) is 30.3 Å². The topological polar surface area (TPSA) is 71.3 Å². The van der Waals surface area contributed by atoms with Crippen molar-refractivity contribution in [3.05, 3.63) is 59.0 Å². The van der Waals surface area contributed by atoms with Gasteiger partial charge < -0.3 is 9.73 Å². The summed E-state index contributed by atoms with van der Waals surface area (Å²) in [6, 6.07) is 10.1. The van der Waals surface area contributed by atoms with E-state index in [1.165, 1.54) is 12.3 Å². The van der Waals surface area contributed by atoms with Crippen LogP contribution in [0.4, 0.5) is 0 Å². The van der Waals surface area contributed by atoms with Gasteiger partial charge in [-0.15, -0.1) is 0 Å². The average Bonchev–Trinajstić information content (AvgIpc) is 3.02. The van der Waals surface area contributed by atoms with Gasteiger partial charge in [-0.25, -0.2) is 0 Å². The lowest BCUT2D eigenvalue weighted by molar-refractivity contribution is -0.117. The summed E-state index contributed by atoms with van der Waals surface area (Å²) in [6.45, 7) is 0.0277. The van der Waals surface area contributed by atoms with Crippen LogP contribution in [0.25, 0.3) is 0 Å². The maximum Gasteiger partial charge on any atom is 0.293 e. The number of carbonyl (C=O) groups excluding carboxylic acids is 2. The normalized spacial score (nSPS) is 10.0. The molecule has 2 N–H and O–H groups in total. The number of rotatable bonds is 5. The molecular formula is C15H13ClN2O3S. The highest BCUT2D eigenvalue weighted by molar-refractivity contribution is 7.80. The largest absolute Gasteiger partial charge is 0.459 e. The predicted octanol–water partition coefficient (Wildman–Crippen LogP) is 2.35. The van der Waals surface area contributed by atoms with E-state index in [9.17, 15) is 9.59 Å². The lowest BCUT2D eigenvalue weighted by atomic mass is 10.1. The maximum absolute atomic E-state index is 11.8. The first-order valence-electron chi connectivity index (χ1n) is 6.43. The van der Waals surface area contributed by atoms with Crippen molar-refractivity contribution in [2.45, 2.75) is 6.42 Å². The van der Waals surface area contributed by atoms with Crippen molar-refractivity contribution in [2.75, 3.05) is 6.54 Å². The molecule has 1 aromatic carbocycles. The zero-order valence-electron chi connectivity index (χ0n) is 11.5. The van der Waals surface area contributed by atoms with Crippen molar-refractivity contribution in [1.29, 1.82) is 0 Å². The van der Waals surface area contributed by atoms with E-state index < -0.39 is 5.91 Å². The van der Waals surface area contributed by atoms with Gasteiger partial charge >= 0.3 is 0 Å². The van der Waals surface area contributed by atoms with Gasteiger partial charge in [0.15, 0.2) is 16.7 Å². The first kappa shape index (κ1) is 16.2. The number of benzene rings is 1. The molecular weight excluding hydrogens is 324 g/mol. The summed E-state index contributed by atoms with van der Waals surface area (Å²) in [5.74, 6) is -0.374. The quantitative estimate of drug-likeness (QED) is 0.820. The minimum atomic E-state index is -0.465. The van der Waals surface area contributed by atoms with Crippen LogP contribution in [0, 0.1) is 0 Å². The number of halogens is 1. The van der Waals surface area contributed by atoms with Gasteiger partial charge in [0.05, 0.1) is 12.8 Å². The Bertz CT molecular complexity index is 669. The van der Waals surface area contributed by atoms with Gasteiger partial charge in [0.25, 0.3) is 5.91 Å². The second-order valence-corrected chi connectivity index (χ2v) is 5.30. The summed E-state index contributed by atoms with van der Waals surface area (Å²) < 4.78 is 4.93. The number of thiocarbonyl (C=S) groups is 1. The highest BCUT2D eigenvalue weighted by atomic mass is 35.5. The van der Waals surface area contributed by atoms with E-state index in [2.05, 4.69) is 10.6 Å². The molecule has 1 aromatic heterocycles. The third kappa shape index (κ3) is 4.98. The van der Waals surface area contributed by atoms with E-state index in [0.717, 1.165) is 5.56 Å². The van der Waals surface area contributed by atoms with Crippen LogP contribution >= 0.6 is 23.8 Å². The Morgan fingerprint density at radius 1 is 1.18 bits per heavy atom. The van der Waals surface area contributed by atoms with Crippen LogP contribution in [0.3, 0.4) is 0 Å². The van der Waals surface area contributed by atoms with Crippen molar-refractivity contribution in [1.82, 2.24) is 10.6 Å². The zero-order valence-corrected chi connectivity index (χ0v) is 13.0. The van der Waals surface area contributed by atoms with Crippen LogP contribution in [0.15, 0.2) is 47.1 Å². The molecule has 22 heavy (non-hydrogen) atoms. The van der Waals surface area contributed by atoms with E-state index in [0.29, 0.717) is 5.02 Å². The smallest absolute Gasteiger partial charge is 0.293 e. The Hall–Kier alpha value is -2.18. The first-order chi connectivity index (χ1) is 10.5. The molecule has 5 nitrogen and oxygen atoms in total. The van der Waals surface area contributed by atoms with Gasteiger partial charge in [-0.3, -0.25) is 14.9 Å². The highest BCUT2D eigenvalue weighted by Gasteiger charge is 2.11. The molecule has 0 spiro atoms. The number of hydrogen-bond donors (Lipinski definition) is 2. The molecule has 0 radical (unpaired) electrons. The fourth-order valence-electron chi connectivity index (χ4n) is 1.69. The van der Waals surface area contributed by atoms with Gasteiger partial charge in [0, 0.05) is 11.4 Å². The number of furan rings is 1. The van der Waals surface area contributed by atoms with Crippen LogP contribution < -0.4 is 10.6 Å². The molecule has 0 saturated heterocycles. The maximum atomic E-state index is 11.8. The Labute approximate surface area is 137 Å². The predicted molar refractivity (Wildman–Crippen MR) is 86.9 cm³/mol. The molecule has 0 unspecified atom stereocenters. The standard InChI is InChI=1S/C15H13ClN2O3S/c16-11-5-3-10(4-6-11)8-12(19)9-17-15(22)18-14(20)13-2-1-7-21-13/h1-7H,8-9H2,(H2,17,18,20,22). The Balaban J connectivity index is 1.75. The van der Waals surface area contributed by atoms with Gasteiger partial charge in [-0.1, -0.05) is 23.7 Å². The molecule has 2 rings (SSSR count). The molecule has 0 bridgehead atoms. The second kappa shape index (κ2) is 7.72. The van der Waals surface area contributed by atoms with Gasteiger partial charge in [0.2, 0.25) is 0 Å². The van der Waals surface area contributed by atoms with Crippen molar-refractivity contribution in [3.8, 4) is 0 Å². The van der Waals surface area contributed by atoms with Crippen LogP contribution in [-0.2, 0) is 11.2 Å². The molecule has 0 saturated carbocycles. The molecule has 0 aliphatic heterocycles. The van der Waals surface area contributed by atoms with Gasteiger partial charge in [-0.05, 0) is 42.0 Å². The molecule has 114 valence electrons. The summed E-state index contributed by atoms with van der Waals surface area (Å²) in [6.07, 6.45) is 1.65. The summed E-state index contributed by atoms with van der Waals surface area (Å²) in [5.41, 5.74) is 0.863. The number of nitrogens with one attached hydrogen (secondary N) is 2. The van der Waals surface area contributed by atoms with Gasteiger partial charge in [-0.2, -0.15) is 0 Å². The molecule has 0 aliphatic carbocycles. The molecule has 0 atom stereocenters. The van der Waals surface area contributed by atoms with Crippen molar-refractivity contribution < 1.29 is 14.0 Å². The summed E-state index contributed by atoms with van der Waals surface area (Å²) in [5, 5.41) is 5.81. The van der Waals surface area contributed by atoms with E-state index in [-0.39, 0.29) is 29.6 Å². The van der Waals surface area contributed by atoms with Crippen LogP contribution in [0.5, 0.6) is 0 Å². The average molecular weight is 337 g/mol. The van der Waals surface area contributed by atoms with Crippen LogP contribution in [0.1, 0.15) is 16.1 Å². The summed E-state index contributed by atoms with van der Waals surface area (Å²) in [7, 11) is 0. The lowest BCUT2D eigenvalue weighted by Gasteiger charge is -2.08. The molecule has 0 aliphatic rings. The fraction of sp³-hybridized carbons (Fsp3) is 0.133. The highest BCUT2D eigenvalue weighted by Crippen LogP contribution is 2.09. The Morgan fingerprint density at radius 3 is 2.55 bits per heavy atom. The fourth-order valence-corrected chi connectivity index (χ4v) is 1.98. The number of Topliss-reactive ketones (excluding diaryl/α,β-unsaturated/α-hetero) is 1. The minimum Gasteiger partial charge on any atom is -0.459 e. The van der Waals surface area contributed by atoms with Crippen molar-refractivity contribution in [2.24, 2.45) is 0 Å². The van der Waals surface area contributed by atoms with E-state index in [1.807, 2.05) is 0 Å². The van der Waals surface area contributed by atoms with Gasteiger partial charge in [0.1, 0.15) is 0 Å². The molecule has 7 heteroatoms. The summed E-state index contributed by atoms with van der Waals surface area (Å²) in [4.78, 5) is 23.5. The van der Waals surface area contributed by atoms with E-state index >= 15 is 0 Å². The lowest BCUT2D eigenvalue weighted by Crippen LogP contribution is -2.41. The first-order valence-corrected chi connectivity index (χ1v) is 7.22. The molecule has 1 heterocycles. The SMILES string of the molecule is O=C(CNC(=S)NC(=O)c1ccco1)Cc1ccc(Cl)cc1. The molecule has 2 aromatic rings. The number of ketones is 1. The molecule has 0 fully saturated rings. The van der Waals surface area contributed by atoms with Crippen molar-refractivity contribution in [3.63, 3.8) is 0 Å². The number of hydrogen-bond acceptors (Lipinski definition) is 4. The van der Waals surface area contributed by atoms with Crippen LogP contribution in [-0.4, -0.2) is 23.3 Å². The zero-order chi connectivity index (χ0) is 15.9. The number of amides is 1. The molecule has 1 amide bonds. The summed E-state index contributed by atoms with van der Waals surface area (Å²) >= 11 is 10.7. The number of carbonyl (C=O) groups is 2. The Kier molecular flexibility index (Phi) is 5.68. The monoisotopic (exact) mass is 336 g/mol. The minimum absolute atomic E-state index is 0.0277. The second-order valence-electron chi connectivity index (χ2n) is 4.46. The van der Waals surface area contributed by atoms with Crippen molar-refractivity contribution >= 4 is 40.6 Å². The van der Waals surface area contributed by atoms with E-state index in [4.69, 9.17) is 28.2 Å². The Morgan fingerprint density at radius 2 is 1.91 bits per heavy atom. The third-order valence-electron chi connectivity index (χ3n) is 2.73. The third-order valence-corrected chi connectivity index (χ3v) is 3.23. The van der Waals surface area contributed by atoms with Crippen LogP contribution in [0.2, 0.25) is 5.02 Å².